The second kappa shape index (κ2) is 6.75. The van der Waals surface area contributed by atoms with Gasteiger partial charge >= 0.3 is 0 Å². The summed E-state index contributed by atoms with van der Waals surface area (Å²) in [6, 6.07) is -0.326. The van der Waals surface area contributed by atoms with E-state index < -0.39 is 0 Å². The molecule has 1 heterocycles. The van der Waals surface area contributed by atoms with Crippen LogP contribution in [0.1, 0.15) is 30.8 Å². The topological polar surface area (TPSA) is 56.1 Å². The van der Waals surface area contributed by atoms with Crippen LogP contribution < -0.4 is 5.32 Å². The Balaban J connectivity index is 2.82. The molecule has 1 N–H and O–H groups in total. The van der Waals surface area contributed by atoms with E-state index in [2.05, 4.69) is 10.4 Å². The number of nitrogens with zero attached hydrogens (tertiary/aromatic N) is 2. The average molecular weight is 274 g/mol. The molecule has 102 valence electrons. The molecular weight excluding hydrogens is 254 g/mol. The summed E-state index contributed by atoms with van der Waals surface area (Å²) in [7, 11) is 1.60. The van der Waals surface area contributed by atoms with E-state index in [9.17, 15) is 4.79 Å². The Morgan fingerprint density at radius 1 is 1.56 bits per heavy atom. The van der Waals surface area contributed by atoms with E-state index >= 15 is 0 Å². The van der Waals surface area contributed by atoms with Gasteiger partial charge in [0.25, 0.3) is 0 Å². The smallest absolute Gasteiger partial charge is 0.244 e. The molecule has 0 aliphatic heterocycles. The van der Waals surface area contributed by atoms with Crippen LogP contribution in [0.2, 0.25) is 5.02 Å². The summed E-state index contributed by atoms with van der Waals surface area (Å²) >= 11 is 6.10. The Morgan fingerprint density at radius 2 is 2.22 bits per heavy atom. The maximum absolute atomic E-state index is 12.1. The van der Waals surface area contributed by atoms with Gasteiger partial charge in [-0.25, -0.2) is 0 Å². The highest BCUT2D eigenvalue weighted by Gasteiger charge is 2.22. The highest BCUT2D eigenvalue weighted by Crippen LogP contribution is 2.23. The summed E-state index contributed by atoms with van der Waals surface area (Å²) < 4.78 is 6.59. The molecule has 0 spiro atoms. The number of nitrogens with one attached hydrogen (secondary N) is 1. The number of methoxy groups -OCH3 is 1. The molecule has 1 aromatic rings. The zero-order chi connectivity index (χ0) is 13.7. The molecule has 0 aliphatic carbocycles. The molecule has 1 atom stereocenters. The molecule has 0 aromatic carbocycles. The van der Waals surface area contributed by atoms with Crippen molar-refractivity contribution in [3.63, 3.8) is 0 Å². The van der Waals surface area contributed by atoms with Crippen LogP contribution >= 0.6 is 11.6 Å². The quantitative estimate of drug-likeness (QED) is 0.805. The molecule has 0 radical (unpaired) electrons. The van der Waals surface area contributed by atoms with Gasteiger partial charge in [0, 0.05) is 13.7 Å². The number of hydrogen-bond donors (Lipinski definition) is 1. The molecular formula is C12H20ClN3O2. The van der Waals surface area contributed by atoms with Crippen LogP contribution in [0.25, 0.3) is 0 Å². The number of hydrogen-bond acceptors (Lipinski definition) is 3. The first-order valence-electron chi connectivity index (χ1n) is 6.00. The lowest BCUT2D eigenvalue weighted by Crippen LogP contribution is -2.35. The Hall–Kier alpha value is -1.07. The van der Waals surface area contributed by atoms with Crippen LogP contribution in [0.15, 0.2) is 0 Å². The average Bonchev–Trinajstić information content (AvgIpc) is 2.59. The van der Waals surface area contributed by atoms with E-state index in [0.717, 1.165) is 11.4 Å². The molecule has 0 fully saturated rings. The fourth-order valence-electron chi connectivity index (χ4n) is 1.81. The molecule has 5 nitrogen and oxygen atoms in total. The van der Waals surface area contributed by atoms with Gasteiger partial charge in [-0.3, -0.25) is 9.48 Å². The highest BCUT2D eigenvalue weighted by atomic mass is 35.5. The Morgan fingerprint density at radius 3 is 2.67 bits per heavy atom. The van der Waals surface area contributed by atoms with Gasteiger partial charge in [0.05, 0.1) is 23.0 Å². The van der Waals surface area contributed by atoms with Gasteiger partial charge in [-0.15, -0.1) is 0 Å². The Labute approximate surface area is 112 Å². The number of amides is 1. The Kier molecular flexibility index (Phi) is 5.62. The lowest BCUT2D eigenvalue weighted by Gasteiger charge is -2.17. The van der Waals surface area contributed by atoms with E-state index in [-0.39, 0.29) is 11.9 Å². The van der Waals surface area contributed by atoms with Crippen molar-refractivity contribution in [2.75, 3.05) is 20.3 Å². The fourth-order valence-corrected chi connectivity index (χ4v) is 1.93. The van der Waals surface area contributed by atoms with Crippen LogP contribution in [0.4, 0.5) is 0 Å². The van der Waals surface area contributed by atoms with Gasteiger partial charge in [-0.05, 0) is 20.3 Å². The lowest BCUT2D eigenvalue weighted by molar-refractivity contribution is -0.124. The van der Waals surface area contributed by atoms with Gasteiger partial charge < -0.3 is 10.1 Å². The van der Waals surface area contributed by atoms with Crippen LogP contribution in [0.5, 0.6) is 0 Å². The molecule has 18 heavy (non-hydrogen) atoms. The minimum atomic E-state index is -0.326. The monoisotopic (exact) mass is 273 g/mol. The Bertz CT molecular complexity index is 418. The van der Waals surface area contributed by atoms with Gasteiger partial charge in [0.2, 0.25) is 5.91 Å². The largest absolute Gasteiger partial charge is 0.383 e. The zero-order valence-corrected chi connectivity index (χ0v) is 12.0. The van der Waals surface area contributed by atoms with Crippen molar-refractivity contribution in [2.24, 2.45) is 0 Å². The van der Waals surface area contributed by atoms with Gasteiger partial charge in [0.1, 0.15) is 6.04 Å². The minimum absolute atomic E-state index is 0.0585. The normalized spacial score (nSPS) is 12.5. The van der Waals surface area contributed by atoms with Crippen molar-refractivity contribution in [1.82, 2.24) is 15.1 Å². The van der Waals surface area contributed by atoms with Gasteiger partial charge in [-0.1, -0.05) is 18.5 Å². The summed E-state index contributed by atoms with van der Waals surface area (Å²) in [5, 5.41) is 7.77. The second-order valence-corrected chi connectivity index (χ2v) is 4.52. The van der Waals surface area contributed by atoms with Crippen molar-refractivity contribution in [2.45, 2.75) is 33.2 Å². The molecule has 1 aromatic heterocycles. The van der Waals surface area contributed by atoms with Crippen molar-refractivity contribution < 1.29 is 9.53 Å². The molecule has 0 saturated carbocycles. The van der Waals surface area contributed by atoms with E-state index in [1.165, 1.54) is 0 Å². The summed E-state index contributed by atoms with van der Waals surface area (Å²) in [5.74, 6) is -0.0585. The van der Waals surface area contributed by atoms with Crippen LogP contribution in [-0.4, -0.2) is 35.9 Å². The number of aromatic nitrogens is 2. The molecule has 0 aliphatic rings. The third-order valence-corrected chi connectivity index (χ3v) is 3.37. The summed E-state index contributed by atoms with van der Waals surface area (Å²) in [4.78, 5) is 12.1. The highest BCUT2D eigenvalue weighted by molar-refractivity contribution is 6.31. The molecule has 1 unspecified atom stereocenters. The molecule has 0 bridgehead atoms. The SMILES string of the molecule is CCC(C(=O)NCCOC)n1nc(C)c(Cl)c1C. The number of halogens is 1. The molecule has 1 rings (SSSR count). The summed E-state index contributed by atoms with van der Waals surface area (Å²) in [6.45, 7) is 6.65. The minimum Gasteiger partial charge on any atom is -0.383 e. The van der Waals surface area contributed by atoms with E-state index in [1.54, 1.807) is 11.8 Å². The second-order valence-electron chi connectivity index (χ2n) is 4.14. The maximum atomic E-state index is 12.1. The van der Waals surface area contributed by atoms with Crippen molar-refractivity contribution in [3.8, 4) is 0 Å². The van der Waals surface area contributed by atoms with Gasteiger partial charge in [0.15, 0.2) is 0 Å². The van der Waals surface area contributed by atoms with E-state index in [4.69, 9.17) is 16.3 Å². The maximum Gasteiger partial charge on any atom is 0.244 e. The summed E-state index contributed by atoms with van der Waals surface area (Å²) in [6.07, 6.45) is 0.664. The third kappa shape index (κ3) is 3.23. The first-order chi connectivity index (χ1) is 8.52. The predicted octanol–water partition coefficient (Wildman–Crippen LogP) is 1.87. The number of carbonyl (C=O) groups excluding carboxylic acids is 1. The zero-order valence-electron chi connectivity index (χ0n) is 11.3. The van der Waals surface area contributed by atoms with E-state index in [0.29, 0.717) is 24.6 Å². The van der Waals surface area contributed by atoms with Crippen molar-refractivity contribution >= 4 is 17.5 Å². The fraction of sp³-hybridized carbons (Fsp3) is 0.667. The third-order valence-electron chi connectivity index (χ3n) is 2.83. The van der Waals surface area contributed by atoms with Crippen LogP contribution in [0.3, 0.4) is 0 Å². The number of aryl methyl sites for hydroxylation is 1. The van der Waals surface area contributed by atoms with Gasteiger partial charge in [-0.2, -0.15) is 5.10 Å². The summed E-state index contributed by atoms with van der Waals surface area (Å²) in [5.41, 5.74) is 1.57. The first kappa shape index (κ1) is 15.0. The van der Waals surface area contributed by atoms with Crippen LogP contribution in [0, 0.1) is 13.8 Å². The van der Waals surface area contributed by atoms with E-state index in [1.807, 2.05) is 20.8 Å². The molecule has 0 saturated heterocycles. The lowest BCUT2D eigenvalue weighted by atomic mass is 10.2. The molecule has 6 heteroatoms. The molecule has 1 amide bonds. The first-order valence-corrected chi connectivity index (χ1v) is 6.38. The van der Waals surface area contributed by atoms with Crippen molar-refractivity contribution in [1.29, 1.82) is 0 Å². The van der Waals surface area contributed by atoms with Crippen molar-refractivity contribution in [3.05, 3.63) is 16.4 Å². The number of ether oxygens (including phenoxy) is 1. The predicted molar refractivity (Wildman–Crippen MR) is 70.9 cm³/mol. The number of rotatable bonds is 6. The van der Waals surface area contributed by atoms with Crippen LogP contribution in [-0.2, 0) is 9.53 Å². The standard InChI is InChI=1S/C12H20ClN3O2/c1-5-10(12(17)14-6-7-18-4)16-9(3)11(13)8(2)15-16/h10H,5-7H2,1-4H3,(H,14,17). The number of carbonyl (C=O) groups is 1.